The lowest BCUT2D eigenvalue weighted by atomic mass is 10.1. The number of thioether (sulfide) groups is 1. The quantitative estimate of drug-likeness (QED) is 0.656. The van der Waals surface area contributed by atoms with Gasteiger partial charge in [-0.2, -0.15) is 0 Å². The highest BCUT2D eigenvalue weighted by Crippen LogP contribution is 2.21. The van der Waals surface area contributed by atoms with E-state index in [9.17, 15) is 14.4 Å². The number of ether oxygens (including phenoxy) is 1. The van der Waals surface area contributed by atoms with Crippen molar-refractivity contribution in [2.75, 3.05) is 18.1 Å². The van der Waals surface area contributed by atoms with E-state index in [1.807, 2.05) is 60.7 Å². The highest BCUT2D eigenvalue weighted by atomic mass is 32.2. The molecule has 1 fully saturated rings. The SMILES string of the molecule is CCOC(=O)[C@H](Cc1ccccc1)NC(=O)C1CSCC(=O)N1Cc1ccccc1. The van der Waals surface area contributed by atoms with Crippen molar-refractivity contribution in [1.29, 1.82) is 0 Å². The Morgan fingerprint density at radius 3 is 2.37 bits per heavy atom. The molecule has 1 aliphatic heterocycles. The lowest BCUT2D eigenvalue weighted by molar-refractivity contribution is -0.148. The van der Waals surface area contributed by atoms with Crippen molar-refractivity contribution in [1.82, 2.24) is 10.2 Å². The first-order valence-corrected chi connectivity index (χ1v) is 11.2. The lowest BCUT2D eigenvalue weighted by Gasteiger charge is -2.35. The molecule has 2 amide bonds. The van der Waals surface area contributed by atoms with Crippen LogP contribution in [0.25, 0.3) is 0 Å². The number of carbonyl (C=O) groups is 3. The molecule has 6 nitrogen and oxygen atoms in total. The molecule has 1 saturated heterocycles. The van der Waals surface area contributed by atoms with Gasteiger partial charge in [0.05, 0.1) is 12.4 Å². The zero-order chi connectivity index (χ0) is 21.3. The van der Waals surface area contributed by atoms with Crippen molar-refractivity contribution < 1.29 is 19.1 Å². The molecule has 30 heavy (non-hydrogen) atoms. The molecule has 158 valence electrons. The zero-order valence-corrected chi connectivity index (χ0v) is 17.8. The minimum absolute atomic E-state index is 0.0778. The van der Waals surface area contributed by atoms with Gasteiger partial charge in [0.1, 0.15) is 12.1 Å². The lowest BCUT2D eigenvalue weighted by Crippen LogP contribution is -2.57. The number of benzene rings is 2. The maximum absolute atomic E-state index is 13.1. The Balaban J connectivity index is 1.74. The number of carbonyl (C=O) groups excluding carboxylic acids is 3. The van der Waals surface area contributed by atoms with E-state index in [1.165, 1.54) is 11.8 Å². The number of nitrogens with one attached hydrogen (secondary N) is 1. The van der Waals surface area contributed by atoms with Gasteiger partial charge in [0.25, 0.3) is 0 Å². The number of hydrogen-bond donors (Lipinski definition) is 1. The number of nitrogens with zero attached hydrogens (tertiary/aromatic N) is 1. The predicted molar refractivity (Wildman–Crippen MR) is 117 cm³/mol. The van der Waals surface area contributed by atoms with E-state index in [0.717, 1.165) is 11.1 Å². The third-order valence-corrected chi connectivity index (χ3v) is 5.87. The second kappa shape index (κ2) is 10.8. The van der Waals surface area contributed by atoms with Crippen LogP contribution in [0, 0.1) is 0 Å². The molecule has 0 bridgehead atoms. The van der Waals surface area contributed by atoms with Gasteiger partial charge in [0, 0.05) is 18.7 Å². The molecule has 0 aliphatic carbocycles. The third kappa shape index (κ3) is 5.86. The largest absolute Gasteiger partial charge is 0.464 e. The fourth-order valence-corrected chi connectivity index (χ4v) is 4.37. The van der Waals surface area contributed by atoms with Crippen molar-refractivity contribution >= 4 is 29.5 Å². The van der Waals surface area contributed by atoms with E-state index in [-0.39, 0.29) is 18.4 Å². The summed E-state index contributed by atoms with van der Waals surface area (Å²) >= 11 is 1.44. The molecule has 1 heterocycles. The monoisotopic (exact) mass is 426 g/mol. The minimum atomic E-state index is -0.805. The minimum Gasteiger partial charge on any atom is -0.464 e. The van der Waals surface area contributed by atoms with Gasteiger partial charge in [-0.1, -0.05) is 60.7 Å². The van der Waals surface area contributed by atoms with E-state index in [2.05, 4.69) is 5.32 Å². The first-order chi connectivity index (χ1) is 14.6. The van der Waals surface area contributed by atoms with Gasteiger partial charge in [0.2, 0.25) is 11.8 Å². The molecule has 2 aromatic rings. The first kappa shape index (κ1) is 21.9. The fraction of sp³-hybridized carbons (Fsp3) is 0.348. The molecule has 0 spiro atoms. The molecule has 1 N–H and O–H groups in total. The Labute approximate surface area is 181 Å². The van der Waals surface area contributed by atoms with Gasteiger partial charge >= 0.3 is 5.97 Å². The van der Waals surface area contributed by atoms with E-state index < -0.39 is 18.1 Å². The molecule has 0 saturated carbocycles. The fourth-order valence-electron chi connectivity index (χ4n) is 3.35. The zero-order valence-electron chi connectivity index (χ0n) is 17.0. The van der Waals surface area contributed by atoms with E-state index in [4.69, 9.17) is 4.74 Å². The molecular formula is C23H26N2O4S. The number of hydrogen-bond acceptors (Lipinski definition) is 5. The average molecular weight is 427 g/mol. The number of esters is 1. The number of rotatable bonds is 8. The second-order valence-electron chi connectivity index (χ2n) is 7.04. The van der Waals surface area contributed by atoms with E-state index in [1.54, 1.807) is 11.8 Å². The number of amides is 2. The Morgan fingerprint density at radius 2 is 1.73 bits per heavy atom. The van der Waals surface area contributed by atoms with Crippen LogP contribution in [-0.4, -0.2) is 52.9 Å². The molecular weight excluding hydrogens is 400 g/mol. The summed E-state index contributed by atoms with van der Waals surface area (Å²) in [6.45, 7) is 2.33. The summed E-state index contributed by atoms with van der Waals surface area (Å²) in [7, 11) is 0. The maximum atomic E-state index is 13.1. The third-order valence-electron chi connectivity index (χ3n) is 4.87. The van der Waals surface area contributed by atoms with Gasteiger partial charge in [-0.05, 0) is 18.1 Å². The average Bonchev–Trinajstić information content (AvgIpc) is 2.76. The van der Waals surface area contributed by atoms with Gasteiger partial charge < -0.3 is 15.0 Å². The standard InChI is InChI=1S/C23H26N2O4S/c1-2-29-23(28)19(13-17-9-5-3-6-10-17)24-22(27)20-15-30-16-21(26)25(20)14-18-11-7-4-8-12-18/h3-12,19-20H,2,13-16H2,1H3,(H,24,27)/t19-,20?/m0/s1. The normalized spacial score (nSPS) is 17.3. The Bertz CT molecular complexity index is 860. The van der Waals surface area contributed by atoms with Crippen molar-refractivity contribution in [3.8, 4) is 0 Å². The van der Waals surface area contributed by atoms with E-state index in [0.29, 0.717) is 24.5 Å². The van der Waals surface area contributed by atoms with Gasteiger partial charge in [-0.25, -0.2) is 4.79 Å². The predicted octanol–water partition coefficient (Wildman–Crippen LogP) is 2.42. The van der Waals surface area contributed by atoms with Crippen LogP contribution in [0.15, 0.2) is 60.7 Å². The molecule has 3 rings (SSSR count). The van der Waals surface area contributed by atoms with Crippen molar-refractivity contribution in [3.63, 3.8) is 0 Å². The van der Waals surface area contributed by atoms with Crippen molar-refractivity contribution in [3.05, 3.63) is 71.8 Å². The maximum Gasteiger partial charge on any atom is 0.328 e. The summed E-state index contributed by atoms with van der Waals surface area (Å²) in [5, 5.41) is 2.84. The summed E-state index contributed by atoms with van der Waals surface area (Å²) in [6, 6.07) is 17.6. The molecule has 2 atom stereocenters. The van der Waals surface area contributed by atoms with E-state index >= 15 is 0 Å². The molecule has 1 aliphatic rings. The van der Waals surface area contributed by atoms with Gasteiger partial charge in [-0.15, -0.1) is 11.8 Å². The van der Waals surface area contributed by atoms with Crippen LogP contribution in [0.1, 0.15) is 18.1 Å². The first-order valence-electron chi connectivity index (χ1n) is 10.0. The molecule has 0 radical (unpaired) electrons. The van der Waals surface area contributed by atoms with Crippen molar-refractivity contribution in [2.45, 2.75) is 32.0 Å². The highest BCUT2D eigenvalue weighted by Gasteiger charge is 2.35. The van der Waals surface area contributed by atoms with Crippen LogP contribution in [0.5, 0.6) is 0 Å². The Morgan fingerprint density at radius 1 is 1.10 bits per heavy atom. The highest BCUT2D eigenvalue weighted by molar-refractivity contribution is 8.00. The molecule has 2 aromatic carbocycles. The van der Waals surface area contributed by atoms with Gasteiger partial charge in [0.15, 0.2) is 0 Å². The Kier molecular flexibility index (Phi) is 7.90. The molecule has 7 heteroatoms. The molecule has 1 unspecified atom stereocenters. The summed E-state index contributed by atoms with van der Waals surface area (Å²) in [5.41, 5.74) is 1.88. The smallest absolute Gasteiger partial charge is 0.328 e. The van der Waals surface area contributed by atoms with Crippen LogP contribution in [-0.2, 0) is 32.1 Å². The molecule has 0 aromatic heterocycles. The Hall–Kier alpha value is -2.80. The van der Waals surface area contributed by atoms with Gasteiger partial charge in [-0.3, -0.25) is 9.59 Å². The van der Waals surface area contributed by atoms with Crippen LogP contribution in [0.2, 0.25) is 0 Å². The topological polar surface area (TPSA) is 75.7 Å². The van der Waals surface area contributed by atoms with Crippen LogP contribution >= 0.6 is 11.8 Å². The second-order valence-corrected chi connectivity index (χ2v) is 8.07. The summed E-state index contributed by atoms with van der Waals surface area (Å²) in [6.07, 6.45) is 0.331. The summed E-state index contributed by atoms with van der Waals surface area (Å²) in [4.78, 5) is 39.8. The van der Waals surface area contributed by atoms with Crippen LogP contribution in [0.4, 0.5) is 0 Å². The van der Waals surface area contributed by atoms with Crippen molar-refractivity contribution in [2.24, 2.45) is 0 Å². The summed E-state index contributed by atoms with van der Waals surface area (Å²) < 4.78 is 5.17. The summed E-state index contributed by atoms with van der Waals surface area (Å²) in [5.74, 6) is -0.0432. The van der Waals surface area contributed by atoms with Crippen LogP contribution in [0.3, 0.4) is 0 Å². The van der Waals surface area contributed by atoms with Crippen LogP contribution < -0.4 is 5.32 Å².